The highest BCUT2D eigenvalue weighted by molar-refractivity contribution is 4.82. The highest BCUT2D eigenvalue weighted by Crippen LogP contribution is 2.28. The van der Waals surface area contributed by atoms with Crippen molar-refractivity contribution >= 4 is 0 Å². The molecule has 0 radical (unpaired) electrons. The topological polar surface area (TPSA) is 0 Å². The average molecular weight is 262 g/mol. The van der Waals surface area contributed by atoms with Crippen molar-refractivity contribution in [2.45, 2.75) is 78.6 Å². The molecule has 2 aliphatic carbocycles. The standard InChI is InChI=1S/C9H16.C7H14.C3H4/c1-3-9-6-4-8(2)5-7-9;1-7-5-3-2-4-6-7;1-3-2/h3,8-9H,1,4-7H2,2H3;7H,2-6H2,1H3;1H,2H3. The molecule has 0 N–H and O–H groups in total. The van der Waals surface area contributed by atoms with Crippen molar-refractivity contribution in [1.82, 2.24) is 0 Å². The zero-order valence-electron chi connectivity index (χ0n) is 13.5. The third-order valence-corrected chi connectivity index (χ3v) is 4.29. The Balaban J connectivity index is 0.000000289. The molecule has 0 aliphatic heterocycles. The molecule has 0 aromatic carbocycles. The molecule has 0 heterocycles. The van der Waals surface area contributed by atoms with Crippen LogP contribution in [-0.4, -0.2) is 0 Å². The Hall–Kier alpha value is -0.700. The molecule has 0 unspecified atom stereocenters. The van der Waals surface area contributed by atoms with Gasteiger partial charge in [0.05, 0.1) is 0 Å². The van der Waals surface area contributed by atoms with Crippen LogP contribution in [0.3, 0.4) is 0 Å². The molecule has 0 aromatic heterocycles. The minimum atomic E-state index is 0.834. The molecule has 0 spiro atoms. The van der Waals surface area contributed by atoms with Gasteiger partial charge in [-0.05, 0) is 37.5 Å². The summed E-state index contributed by atoms with van der Waals surface area (Å²) in [6, 6.07) is 0. The molecular weight excluding hydrogens is 228 g/mol. The normalized spacial score (nSPS) is 26.8. The summed E-state index contributed by atoms with van der Waals surface area (Å²) in [6.07, 6.45) is 19.7. The van der Waals surface area contributed by atoms with Gasteiger partial charge in [0.15, 0.2) is 0 Å². The SMILES string of the molecule is C#CC.C=CC1CCC(C)CC1.CC1CCCCC1. The second-order valence-corrected chi connectivity index (χ2v) is 6.29. The largest absolute Gasteiger partial charge is 0.120 e. The van der Waals surface area contributed by atoms with E-state index in [-0.39, 0.29) is 0 Å². The summed E-state index contributed by atoms with van der Waals surface area (Å²) >= 11 is 0. The fourth-order valence-electron chi connectivity index (χ4n) is 2.83. The van der Waals surface area contributed by atoms with Gasteiger partial charge in [-0.2, -0.15) is 0 Å². The average Bonchev–Trinajstić information content (AvgIpc) is 2.42. The van der Waals surface area contributed by atoms with Crippen molar-refractivity contribution in [2.75, 3.05) is 0 Å². The molecule has 0 saturated heterocycles. The Morgan fingerprint density at radius 1 is 0.895 bits per heavy atom. The van der Waals surface area contributed by atoms with E-state index in [1.165, 1.54) is 57.8 Å². The lowest BCUT2D eigenvalue weighted by atomic mass is 9.83. The number of rotatable bonds is 1. The van der Waals surface area contributed by atoms with Crippen molar-refractivity contribution in [3.8, 4) is 12.3 Å². The molecule has 0 nitrogen and oxygen atoms in total. The van der Waals surface area contributed by atoms with E-state index in [4.69, 9.17) is 0 Å². The van der Waals surface area contributed by atoms with Gasteiger partial charge in [0.25, 0.3) is 0 Å². The number of allylic oxidation sites excluding steroid dienone is 1. The van der Waals surface area contributed by atoms with Gasteiger partial charge in [0.2, 0.25) is 0 Å². The first kappa shape index (κ1) is 18.3. The molecule has 0 bridgehead atoms. The van der Waals surface area contributed by atoms with E-state index in [2.05, 4.69) is 38.8 Å². The minimum Gasteiger partial charge on any atom is -0.120 e. The van der Waals surface area contributed by atoms with E-state index in [9.17, 15) is 0 Å². The van der Waals surface area contributed by atoms with E-state index in [0.717, 1.165) is 17.8 Å². The van der Waals surface area contributed by atoms with Gasteiger partial charge in [-0.15, -0.1) is 18.9 Å². The summed E-state index contributed by atoms with van der Waals surface area (Å²) in [5.41, 5.74) is 0. The Morgan fingerprint density at radius 2 is 1.32 bits per heavy atom. The lowest BCUT2D eigenvalue weighted by molar-refractivity contribution is 0.331. The van der Waals surface area contributed by atoms with Crippen molar-refractivity contribution in [3.63, 3.8) is 0 Å². The first-order valence-corrected chi connectivity index (χ1v) is 8.13. The highest BCUT2D eigenvalue weighted by atomic mass is 14.2. The maximum atomic E-state index is 4.60. The Kier molecular flexibility index (Phi) is 11.9. The van der Waals surface area contributed by atoms with Crippen LogP contribution in [0.15, 0.2) is 12.7 Å². The molecular formula is C19H34. The van der Waals surface area contributed by atoms with Crippen LogP contribution in [0, 0.1) is 30.1 Å². The third-order valence-electron chi connectivity index (χ3n) is 4.29. The lowest BCUT2D eigenvalue weighted by Gasteiger charge is -2.23. The zero-order chi connectivity index (χ0) is 14.5. The lowest BCUT2D eigenvalue weighted by Crippen LogP contribution is -2.09. The molecule has 19 heavy (non-hydrogen) atoms. The van der Waals surface area contributed by atoms with Crippen LogP contribution < -0.4 is 0 Å². The van der Waals surface area contributed by atoms with E-state index >= 15 is 0 Å². The number of hydrogen-bond acceptors (Lipinski definition) is 0. The third kappa shape index (κ3) is 10.9. The molecule has 2 fully saturated rings. The summed E-state index contributed by atoms with van der Waals surface area (Å²) in [7, 11) is 0. The smallest absolute Gasteiger partial charge is 0.00297 e. The quantitative estimate of drug-likeness (QED) is 0.388. The fraction of sp³-hybridized carbons (Fsp3) is 0.789. The minimum absolute atomic E-state index is 0.834. The summed E-state index contributed by atoms with van der Waals surface area (Å²) in [5, 5.41) is 0. The second-order valence-electron chi connectivity index (χ2n) is 6.29. The van der Waals surface area contributed by atoms with Crippen LogP contribution in [0.1, 0.15) is 78.6 Å². The molecule has 2 saturated carbocycles. The monoisotopic (exact) mass is 262 g/mol. The van der Waals surface area contributed by atoms with Gasteiger partial charge in [0.1, 0.15) is 0 Å². The fourth-order valence-corrected chi connectivity index (χ4v) is 2.83. The maximum Gasteiger partial charge on any atom is -0.00297 e. The van der Waals surface area contributed by atoms with Gasteiger partial charge < -0.3 is 0 Å². The van der Waals surface area contributed by atoms with Gasteiger partial charge in [0, 0.05) is 0 Å². The molecule has 0 amide bonds. The van der Waals surface area contributed by atoms with Gasteiger partial charge in [-0.3, -0.25) is 0 Å². The number of terminal acetylenes is 1. The highest BCUT2D eigenvalue weighted by Gasteiger charge is 2.14. The van der Waals surface area contributed by atoms with Gasteiger partial charge in [-0.1, -0.05) is 64.9 Å². The van der Waals surface area contributed by atoms with E-state index in [1.807, 2.05) is 0 Å². The van der Waals surface area contributed by atoms with Gasteiger partial charge >= 0.3 is 0 Å². The van der Waals surface area contributed by atoms with Crippen LogP contribution >= 0.6 is 0 Å². The maximum absolute atomic E-state index is 4.60. The van der Waals surface area contributed by atoms with Crippen molar-refractivity contribution < 1.29 is 0 Å². The first-order chi connectivity index (χ1) is 9.13. The summed E-state index contributed by atoms with van der Waals surface area (Å²) in [4.78, 5) is 0. The summed E-state index contributed by atoms with van der Waals surface area (Å²) < 4.78 is 0. The predicted octanol–water partition coefficient (Wildman–Crippen LogP) is 6.22. The van der Waals surface area contributed by atoms with Crippen molar-refractivity contribution in [2.24, 2.45) is 17.8 Å². The van der Waals surface area contributed by atoms with E-state index in [0.29, 0.717) is 0 Å². The molecule has 2 aliphatic rings. The van der Waals surface area contributed by atoms with Crippen molar-refractivity contribution in [3.05, 3.63) is 12.7 Å². The summed E-state index contributed by atoms with van der Waals surface area (Å²) in [5.74, 6) is 5.09. The predicted molar refractivity (Wildman–Crippen MR) is 88.1 cm³/mol. The van der Waals surface area contributed by atoms with E-state index < -0.39 is 0 Å². The Morgan fingerprint density at radius 3 is 1.63 bits per heavy atom. The summed E-state index contributed by atoms with van der Waals surface area (Å²) in [6.45, 7) is 10.2. The molecule has 2 rings (SSSR count). The van der Waals surface area contributed by atoms with Crippen LogP contribution in [-0.2, 0) is 0 Å². The van der Waals surface area contributed by atoms with Gasteiger partial charge in [-0.25, -0.2) is 0 Å². The van der Waals surface area contributed by atoms with Crippen LogP contribution in [0.25, 0.3) is 0 Å². The zero-order valence-corrected chi connectivity index (χ0v) is 13.5. The van der Waals surface area contributed by atoms with Crippen LogP contribution in [0.5, 0.6) is 0 Å². The first-order valence-electron chi connectivity index (χ1n) is 8.13. The van der Waals surface area contributed by atoms with E-state index in [1.54, 1.807) is 6.92 Å². The van der Waals surface area contributed by atoms with Crippen LogP contribution in [0.2, 0.25) is 0 Å². The Labute approximate surface area is 122 Å². The van der Waals surface area contributed by atoms with Crippen LogP contribution in [0.4, 0.5) is 0 Å². The molecule has 0 heteroatoms. The number of hydrogen-bond donors (Lipinski definition) is 0. The molecule has 0 aromatic rings. The molecule has 0 atom stereocenters. The Bertz CT molecular complexity index is 231. The second kappa shape index (κ2) is 12.3. The molecule has 110 valence electrons. The van der Waals surface area contributed by atoms with Crippen molar-refractivity contribution in [1.29, 1.82) is 0 Å².